The minimum atomic E-state index is -4.60. The van der Waals surface area contributed by atoms with Gasteiger partial charge in [-0.15, -0.1) is 0 Å². The van der Waals surface area contributed by atoms with Crippen molar-refractivity contribution in [2.75, 3.05) is 5.32 Å². The van der Waals surface area contributed by atoms with Crippen LogP contribution in [-0.2, 0) is 11.0 Å². The van der Waals surface area contributed by atoms with E-state index in [1.807, 2.05) is 0 Å². The Balaban J connectivity index is 2.99. The number of halogens is 4. The summed E-state index contributed by atoms with van der Waals surface area (Å²) in [6.45, 7) is 6.61. The Morgan fingerprint density at radius 1 is 1.45 bits per heavy atom. The van der Waals surface area contributed by atoms with Crippen molar-refractivity contribution < 1.29 is 18.0 Å². The summed E-state index contributed by atoms with van der Waals surface area (Å²) in [6.07, 6.45) is -3.54. The Kier molecular flexibility index (Phi) is 5.04. The highest BCUT2D eigenvalue weighted by Gasteiger charge is 2.32. The lowest BCUT2D eigenvalue weighted by molar-refractivity contribution is -0.141. The van der Waals surface area contributed by atoms with Gasteiger partial charge in [0, 0.05) is 6.20 Å². The number of aromatic nitrogens is 1. The van der Waals surface area contributed by atoms with Crippen LogP contribution in [0, 0.1) is 0 Å². The van der Waals surface area contributed by atoms with Gasteiger partial charge in [0.15, 0.2) is 0 Å². The summed E-state index contributed by atoms with van der Waals surface area (Å²) in [5, 5.41) is 1.97. The molecule has 1 heterocycles. The van der Waals surface area contributed by atoms with Crippen molar-refractivity contribution in [3.8, 4) is 0 Å². The first-order valence-electron chi connectivity index (χ1n) is 5.14. The second-order valence-electron chi connectivity index (χ2n) is 3.43. The number of amides is 1. The molecule has 1 aromatic rings. The quantitative estimate of drug-likeness (QED) is 0.867. The Bertz CT molecular complexity index is 582. The molecule has 0 aliphatic carbocycles. The number of carbonyl (C=O) groups is 1. The normalized spacial score (nSPS) is 11.9. The topological polar surface area (TPSA) is 54.4 Å². The van der Waals surface area contributed by atoms with E-state index >= 15 is 0 Å². The molecule has 0 atom stereocenters. The summed E-state index contributed by atoms with van der Waals surface area (Å²) >= 11 is 5.55. The molecule has 0 spiro atoms. The van der Waals surface area contributed by atoms with E-state index in [2.05, 4.69) is 28.5 Å². The summed E-state index contributed by atoms with van der Waals surface area (Å²) in [4.78, 5) is 18.6. The van der Waals surface area contributed by atoms with Gasteiger partial charge in [0.2, 0.25) is 0 Å². The Labute approximate surface area is 117 Å². The molecule has 4 nitrogen and oxygen atoms in total. The number of hydrogen-bond acceptors (Lipinski definition) is 3. The predicted octanol–water partition coefficient (Wildman–Crippen LogP) is 3.38. The monoisotopic (exact) mass is 303 g/mol. The number of anilines is 1. The minimum Gasteiger partial charge on any atom is -0.305 e. The molecule has 106 valence electrons. The highest BCUT2D eigenvalue weighted by molar-refractivity contribution is 6.60. The van der Waals surface area contributed by atoms with E-state index in [1.54, 1.807) is 0 Å². The van der Waals surface area contributed by atoms with E-state index in [1.165, 1.54) is 6.07 Å². The van der Waals surface area contributed by atoms with Crippen molar-refractivity contribution in [2.45, 2.75) is 6.18 Å². The number of hydrogen-bond donors (Lipinski definition) is 1. The first-order valence-corrected chi connectivity index (χ1v) is 5.52. The van der Waals surface area contributed by atoms with Gasteiger partial charge in [0.1, 0.15) is 17.2 Å². The molecule has 1 amide bonds. The zero-order valence-corrected chi connectivity index (χ0v) is 10.8. The van der Waals surface area contributed by atoms with Crippen molar-refractivity contribution in [3.05, 3.63) is 48.3 Å². The lowest BCUT2D eigenvalue weighted by Crippen LogP contribution is -2.24. The Morgan fingerprint density at radius 3 is 2.60 bits per heavy atom. The van der Waals surface area contributed by atoms with Crippen LogP contribution >= 0.6 is 11.6 Å². The molecule has 0 saturated carbocycles. The minimum absolute atomic E-state index is 0.172. The van der Waals surface area contributed by atoms with Crippen molar-refractivity contribution in [1.82, 2.24) is 4.98 Å². The molecule has 0 radical (unpaired) electrons. The number of alkyl halides is 3. The maximum absolute atomic E-state index is 12.5. The molecule has 0 aliphatic heterocycles. The van der Waals surface area contributed by atoms with E-state index in [4.69, 9.17) is 11.6 Å². The largest absolute Gasteiger partial charge is 0.433 e. The van der Waals surface area contributed by atoms with Crippen LogP contribution in [0.4, 0.5) is 19.0 Å². The molecule has 0 aliphatic rings. The SMILES string of the molecule is C=CN=C(C(=C)Cl)C(=O)Nc1cccc(C(F)(F)F)n1. The summed E-state index contributed by atoms with van der Waals surface area (Å²) in [5.74, 6) is -1.11. The first-order chi connectivity index (χ1) is 9.25. The second kappa shape index (κ2) is 6.33. The third-order valence-corrected chi connectivity index (χ3v) is 2.15. The van der Waals surface area contributed by atoms with Crippen LogP contribution in [0.1, 0.15) is 5.69 Å². The summed E-state index contributed by atoms with van der Waals surface area (Å²) in [6, 6.07) is 3.11. The maximum Gasteiger partial charge on any atom is 0.433 e. The average molecular weight is 304 g/mol. The smallest absolute Gasteiger partial charge is 0.305 e. The molecule has 0 saturated heterocycles. The van der Waals surface area contributed by atoms with Crippen molar-refractivity contribution in [3.63, 3.8) is 0 Å². The van der Waals surface area contributed by atoms with Crippen LogP contribution < -0.4 is 5.32 Å². The molecule has 8 heteroatoms. The van der Waals surface area contributed by atoms with E-state index in [0.717, 1.165) is 18.3 Å². The van der Waals surface area contributed by atoms with E-state index in [0.29, 0.717) is 0 Å². The van der Waals surface area contributed by atoms with Crippen LogP contribution in [0.15, 0.2) is 47.6 Å². The van der Waals surface area contributed by atoms with E-state index in [9.17, 15) is 18.0 Å². The fraction of sp³-hybridized carbons (Fsp3) is 0.0833. The molecule has 0 fully saturated rings. The number of carbonyl (C=O) groups excluding carboxylic acids is 1. The molecular weight excluding hydrogens is 295 g/mol. The van der Waals surface area contributed by atoms with Crippen LogP contribution in [0.3, 0.4) is 0 Å². The summed E-state index contributed by atoms with van der Waals surface area (Å²) in [5.41, 5.74) is -1.39. The number of rotatable bonds is 4. The van der Waals surface area contributed by atoms with Gasteiger partial charge in [0.25, 0.3) is 5.91 Å². The zero-order chi connectivity index (χ0) is 15.3. The van der Waals surface area contributed by atoms with Gasteiger partial charge in [-0.1, -0.05) is 30.8 Å². The van der Waals surface area contributed by atoms with E-state index in [-0.39, 0.29) is 16.6 Å². The van der Waals surface area contributed by atoms with Crippen molar-refractivity contribution in [2.24, 2.45) is 4.99 Å². The second-order valence-corrected chi connectivity index (χ2v) is 3.88. The maximum atomic E-state index is 12.5. The van der Waals surface area contributed by atoms with Crippen LogP contribution in [-0.4, -0.2) is 16.6 Å². The number of nitrogens with one attached hydrogen (secondary N) is 1. The average Bonchev–Trinajstić information content (AvgIpc) is 2.34. The number of pyridine rings is 1. The zero-order valence-electron chi connectivity index (χ0n) is 10.0. The lowest BCUT2D eigenvalue weighted by atomic mass is 10.3. The summed E-state index contributed by atoms with van der Waals surface area (Å²) in [7, 11) is 0. The van der Waals surface area contributed by atoms with Gasteiger partial charge in [-0.3, -0.25) is 9.79 Å². The van der Waals surface area contributed by atoms with Crippen molar-refractivity contribution in [1.29, 1.82) is 0 Å². The highest BCUT2D eigenvalue weighted by atomic mass is 35.5. The van der Waals surface area contributed by atoms with Gasteiger partial charge >= 0.3 is 6.18 Å². The molecule has 20 heavy (non-hydrogen) atoms. The van der Waals surface area contributed by atoms with Gasteiger partial charge in [-0.05, 0) is 12.1 Å². The molecule has 0 bridgehead atoms. The number of aliphatic imine (C=N–C) groups is 1. The van der Waals surface area contributed by atoms with Crippen LogP contribution in [0.25, 0.3) is 0 Å². The van der Waals surface area contributed by atoms with Crippen LogP contribution in [0.2, 0.25) is 0 Å². The standard InChI is InChI=1S/C12H9ClF3N3O/c1-3-17-10(7(2)13)11(20)19-9-6-4-5-8(18-9)12(14,15)16/h3-6H,1-2H2,(H,18,19,20). The molecule has 0 aromatic carbocycles. The third-order valence-electron chi connectivity index (χ3n) is 1.97. The summed E-state index contributed by atoms with van der Waals surface area (Å²) < 4.78 is 37.4. The predicted molar refractivity (Wildman–Crippen MR) is 70.5 cm³/mol. The van der Waals surface area contributed by atoms with Gasteiger partial charge in [0.05, 0.1) is 5.03 Å². The first kappa shape index (κ1) is 15.9. The highest BCUT2D eigenvalue weighted by Crippen LogP contribution is 2.28. The Hall–Kier alpha value is -2.15. The lowest BCUT2D eigenvalue weighted by Gasteiger charge is -2.09. The number of nitrogens with zero attached hydrogens (tertiary/aromatic N) is 2. The van der Waals surface area contributed by atoms with Crippen molar-refractivity contribution >= 4 is 29.0 Å². The van der Waals surface area contributed by atoms with Crippen LogP contribution in [0.5, 0.6) is 0 Å². The Morgan fingerprint density at radius 2 is 2.10 bits per heavy atom. The fourth-order valence-corrected chi connectivity index (χ4v) is 1.32. The van der Waals surface area contributed by atoms with E-state index < -0.39 is 17.8 Å². The molecular formula is C12H9ClF3N3O. The molecule has 0 unspecified atom stereocenters. The third kappa shape index (κ3) is 4.20. The molecule has 1 rings (SSSR count). The molecule has 1 aromatic heterocycles. The van der Waals surface area contributed by atoms with Gasteiger partial charge < -0.3 is 5.32 Å². The van der Waals surface area contributed by atoms with Gasteiger partial charge in [-0.2, -0.15) is 13.2 Å². The fourth-order valence-electron chi connectivity index (χ4n) is 1.18. The molecule has 1 N–H and O–H groups in total. The van der Waals surface area contributed by atoms with Gasteiger partial charge in [-0.25, -0.2) is 4.98 Å².